The summed E-state index contributed by atoms with van der Waals surface area (Å²) < 4.78 is 40.4. The molecule has 0 amide bonds. The second-order valence-electron chi connectivity index (χ2n) is 7.60. The van der Waals surface area contributed by atoms with E-state index in [2.05, 4.69) is 9.97 Å². The number of rotatable bonds is 6. The van der Waals surface area contributed by atoms with Crippen molar-refractivity contribution in [1.29, 1.82) is 0 Å². The van der Waals surface area contributed by atoms with Crippen molar-refractivity contribution in [3.05, 3.63) is 76.6 Å². The number of halogens is 3. The minimum absolute atomic E-state index is 0.0489. The first-order valence-electron chi connectivity index (χ1n) is 10.5. The molecule has 0 fully saturated rings. The zero-order valence-corrected chi connectivity index (χ0v) is 19.5. The lowest BCUT2D eigenvalue weighted by atomic mass is 10.1. The molecule has 4 rings (SSSR count). The summed E-state index contributed by atoms with van der Waals surface area (Å²) in [5.41, 5.74) is 0.102. The average Bonchev–Trinajstić information content (AvgIpc) is 2.83. The van der Waals surface area contributed by atoms with Gasteiger partial charge in [-0.1, -0.05) is 18.2 Å². The van der Waals surface area contributed by atoms with Gasteiger partial charge in [-0.2, -0.15) is 18.2 Å². The number of aliphatic hydroxyl groups excluding tert-OH is 2. The summed E-state index contributed by atoms with van der Waals surface area (Å²) in [5.74, 6) is -0.0489. The molecule has 2 aromatic carbocycles. The number of alkyl halides is 3. The van der Waals surface area contributed by atoms with Crippen molar-refractivity contribution in [2.24, 2.45) is 0 Å². The van der Waals surface area contributed by atoms with E-state index in [1.165, 1.54) is 41.5 Å². The van der Waals surface area contributed by atoms with E-state index in [-0.39, 0.29) is 17.3 Å². The molecule has 0 saturated heterocycles. The number of thioether (sulfide) groups is 1. The highest BCUT2D eigenvalue weighted by Crippen LogP contribution is 2.35. The highest BCUT2D eigenvalue weighted by Gasteiger charge is 2.30. The lowest BCUT2D eigenvalue weighted by Gasteiger charge is -2.24. The first kappa shape index (κ1) is 24.7. The van der Waals surface area contributed by atoms with Gasteiger partial charge in [-0.25, -0.2) is 4.98 Å². The molecule has 4 aromatic rings. The largest absolute Gasteiger partial charge is 0.416 e. The van der Waals surface area contributed by atoms with Gasteiger partial charge in [0.15, 0.2) is 5.65 Å². The molecule has 1 atom stereocenters. The molecule has 35 heavy (non-hydrogen) atoms. The van der Waals surface area contributed by atoms with Gasteiger partial charge in [-0.05, 0) is 49.6 Å². The minimum Gasteiger partial charge on any atom is -0.376 e. The summed E-state index contributed by atoms with van der Waals surface area (Å²) >= 11 is 1.48. The van der Waals surface area contributed by atoms with E-state index in [1.807, 2.05) is 30.5 Å². The van der Waals surface area contributed by atoms with Gasteiger partial charge in [0.2, 0.25) is 5.95 Å². The van der Waals surface area contributed by atoms with Crippen LogP contribution in [0, 0.1) is 0 Å². The van der Waals surface area contributed by atoms with Gasteiger partial charge in [0.25, 0.3) is 5.56 Å². The molecule has 2 N–H and O–H groups in total. The lowest BCUT2D eigenvalue weighted by Crippen LogP contribution is -2.35. The smallest absolute Gasteiger partial charge is 0.376 e. The molecule has 11 heteroatoms. The fourth-order valence-corrected chi connectivity index (χ4v) is 4.27. The van der Waals surface area contributed by atoms with Crippen LogP contribution >= 0.6 is 11.8 Å². The van der Waals surface area contributed by atoms with Crippen molar-refractivity contribution in [2.45, 2.75) is 24.2 Å². The second kappa shape index (κ2) is 9.68. The van der Waals surface area contributed by atoms with Crippen LogP contribution < -0.4 is 10.5 Å². The van der Waals surface area contributed by atoms with E-state index >= 15 is 0 Å². The van der Waals surface area contributed by atoms with Gasteiger partial charge >= 0.3 is 6.18 Å². The average molecular weight is 503 g/mol. The van der Waals surface area contributed by atoms with Crippen LogP contribution in [-0.2, 0) is 6.18 Å². The molecule has 0 bridgehead atoms. The maximum absolute atomic E-state index is 13.1. The molecule has 2 heterocycles. The zero-order chi connectivity index (χ0) is 25.3. The minimum atomic E-state index is -4.52. The van der Waals surface area contributed by atoms with E-state index < -0.39 is 30.3 Å². The normalized spacial score (nSPS) is 12.7. The van der Waals surface area contributed by atoms with Crippen LogP contribution in [-0.4, -0.2) is 44.0 Å². The van der Waals surface area contributed by atoms with Gasteiger partial charge < -0.3 is 10.2 Å². The number of aliphatic hydroxyl groups is 2. The number of hydrogen-bond donors (Lipinski definition) is 2. The molecule has 182 valence electrons. The van der Waals surface area contributed by atoms with Crippen LogP contribution in [0.25, 0.3) is 28.0 Å². The van der Waals surface area contributed by atoms with Crippen molar-refractivity contribution < 1.29 is 23.4 Å². The van der Waals surface area contributed by atoms with Crippen LogP contribution in [0.2, 0.25) is 0 Å². The number of benzene rings is 2. The Morgan fingerprint density at radius 3 is 2.34 bits per heavy atom. The van der Waals surface area contributed by atoms with Crippen molar-refractivity contribution in [3.8, 4) is 16.9 Å². The Morgan fingerprint density at radius 2 is 1.74 bits per heavy atom. The quantitative estimate of drug-likeness (QED) is 0.300. The molecule has 0 aliphatic carbocycles. The molecule has 0 radical (unpaired) electrons. The Hall–Kier alpha value is -3.41. The van der Waals surface area contributed by atoms with Crippen LogP contribution in [0.1, 0.15) is 12.5 Å². The Kier molecular flexibility index (Phi) is 6.84. The van der Waals surface area contributed by atoms with Crippen LogP contribution in [0.3, 0.4) is 0 Å². The van der Waals surface area contributed by atoms with Crippen molar-refractivity contribution in [1.82, 2.24) is 14.5 Å². The molecule has 0 aliphatic heterocycles. The second-order valence-corrected chi connectivity index (χ2v) is 8.45. The number of fused-ring (bicyclic) bond motifs is 1. The maximum atomic E-state index is 13.1. The van der Waals surface area contributed by atoms with Crippen molar-refractivity contribution in [2.75, 3.05) is 17.9 Å². The summed E-state index contributed by atoms with van der Waals surface area (Å²) in [6.07, 6.45) is -3.78. The Bertz CT molecular complexity index is 1420. The Balaban J connectivity index is 2.07. The summed E-state index contributed by atoms with van der Waals surface area (Å²) in [5, 5.41) is 20.5. The fraction of sp³-hybridized carbons (Fsp3) is 0.208. The lowest BCUT2D eigenvalue weighted by molar-refractivity contribution is -0.137. The van der Waals surface area contributed by atoms with Gasteiger partial charge in [-0.15, -0.1) is 11.8 Å². The number of pyridine rings is 1. The van der Waals surface area contributed by atoms with E-state index in [1.54, 1.807) is 6.07 Å². The first-order valence-corrected chi connectivity index (χ1v) is 11.7. The molecule has 7 nitrogen and oxygen atoms in total. The first-order chi connectivity index (χ1) is 16.7. The highest BCUT2D eigenvalue weighted by atomic mass is 32.2. The van der Waals surface area contributed by atoms with Gasteiger partial charge in [-0.3, -0.25) is 14.3 Å². The van der Waals surface area contributed by atoms with E-state index in [4.69, 9.17) is 0 Å². The molecular formula is C24H21F3N4O3S. The molecule has 0 saturated carbocycles. The maximum Gasteiger partial charge on any atom is 0.416 e. The SMILES string of the molecule is CSc1ccccc1-c1nc(N(CO)C(C)O)nc2c1ccc(=O)n2-c1ccc(C(F)(F)F)cc1. The number of hydrogen-bond acceptors (Lipinski definition) is 7. The standard InChI is InChI=1S/C24H21F3N4O3S/c1-14(33)30(13-32)23-28-21(17-5-3-4-6-19(17)35-2)18-11-12-20(34)31(22(18)29-23)16-9-7-15(8-10-16)24(25,26)27/h3-12,14,32-33H,13H2,1-2H3. The van der Waals surface area contributed by atoms with E-state index in [0.717, 1.165) is 27.5 Å². The summed E-state index contributed by atoms with van der Waals surface area (Å²) in [6, 6.07) is 14.5. The monoisotopic (exact) mass is 502 g/mol. The predicted octanol–water partition coefficient (Wildman–Crippen LogP) is 4.28. The van der Waals surface area contributed by atoms with Gasteiger partial charge in [0.05, 0.1) is 16.9 Å². The third kappa shape index (κ3) is 4.75. The molecule has 0 aliphatic rings. The number of aromatic nitrogens is 3. The van der Waals surface area contributed by atoms with Crippen LogP contribution in [0.4, 0.5) is 19.1 Å². The Labute approximate surface area is 202 Å². The van der Waals surface area contributed by atoms with Gasteiger partial charge in [0, 0.05) is 21.9 Å². The van der Waals surface area contributed by atoms with Crippen LogP contribution in [0.5, 0.6) is 0 Å². The topological polar surface area (TPSA) is 91.5 Å². The predicted molar refractivity (Wildman–Crippen MR) is 129 cm³/mol. The van der Waals surface area contributed by atoms with Gasteiger partial charge in [0.1, 0.15) is 13.0 Å². The third-order valence-corrected chi connectivity index (χ3v) is 6.21. The zero-order valence-electron chi connectivity index (χ0n) is 18.7. The van der Waals surface area contributed by atoms with E-state index in [9.17, 15) is 28.2 Å². The third-order valence-electron chi connectivity index (χ3n) is 5.41. The summed E-state index contributed by atoms with van der Waals surface area (Å²) in [6.45, 7) is 0.817. The molecule has 1 unspecified atom stereocenters. The van der Waals surface area contributed by atoms with E-state index in [0.29, 0.717) is 11.1 Å². The van der Waals surface area contributed by atoms with Crippen LogP contribution in [0.15, 0.2) is 70.4 Å². The number of anilines is 1. The molecule has 0 spiro atoms. The highest BCUT2D eigenvalue weighted by molar-refractivity contribution is 7.98. The summed E-state index contributed by atoms with van der Waals surface area (Å²) in [7, 11) is 0. The summed E-state index contributed by atoms with van der Waals surface area (Å²) in [4.78, 5) is 24.0. The van der Waals surface area contributed by atoms with Crippen molar-refractivity contribution >= 4 is 28.7 Å². The van der Waals surface area contributed by atoms with Crippen molar-refractivity contribution in [3.63, 3.8) is 0 Å². The number of nitrogens with zero attached hydrogens (tertiary/aromatic N) is 4. The molecular weight excluding hydrogens is 481 g/mol. The Morgan fingerprint density at radius 1 is 1.06 bits per heavy atom. The molecule has 2 aromatic heterocycles. The fourth-order valence-electron chi connectivity index (χ4n) is 3.68.